The lowest BCUT2D eigenvalue weighted by Crippen LogP contribution is -3.13. The number of piperazine rings is 1. The molecule has 0 aromatic heterocycles. The Balaban J connectivity index is 1.49. The molecule has 1 N–H and O–H groups in total. The van der Waals surface area contributed by atoms with Gasteiger partial charge in [-0.25, -0.2) is 4.79 Å². The number of hydrogen-bond acceptors (Lipinski definition) is 3. The van der Waals surface area contributed by atoms with E-state index in [2.05, 4.69) is 24.3 Å². The molecule has 2 aromatic carbocycles. The maximum absolute atomic E-state index is 12.6. The van der Waals surface area contributed by atoms with Crippen LogP contribution in [0.25, 0.3) is 0 Å². The van der Waals surface area contributed by atoms with Gasteiger partial charge in [0.2, 0.25) is 0 Å². The molecule has 0 bridgehead atoms. The maximum atomic E-state index is 12.6. The highest BCUT2D eigenvalue weighted by Crippen LogP contribution is 2.09. The highest BCUT2D eigenvalue weighted by molar-refractivity contribution is 5.92. The second-order valence-corrected chi connectivity index (χ2v) is 7.15. The Morgan fingerprint density at radius 3 is 2.44 bits per heavy atom. The van der Waals surface area contributed by atoms with Gasteiger partial charge in [-0.2, -0.15) is 0 Å². The van der Waals surface area contributed by atoms with Crippen LogP contribution in [0.3, 0.4) is 0 Å². The lowest BCUT2D eigenvalue weighted by Gasteiger charge is -2.33. The molecule has 1 heterocycles. The number of amides is 1. The first-order valence-electron chi connectivity index (χ1n) is 9.47. The third kappa shape index (κ3) is 5.17. The van der Waals surface area contributed by atoms with Gasteiger partial charge in [0.1, 0.15) is 6.54 Å². The van der Waals surface area contributed by atoms with Gasteiger partial charge in [0, 0.05) is 5.56 Å². The molecule has 5 heteroatoms. The van der Waals surface area contributed by atoms with Gasteiger partial charge in [-0.15, -0.1) is 0 Å². The highest BCUT2D eigenvalue weighted by Gasteiger charge is 2.29. The van der Waals surface area contributed by atoms with E-state index in [4.69, 9.17) is 4.74 Å². The van der Waals surface area contributed by atoms with E-state index in [0.29, 0.717) is 18.7 Å². The summed E-state index contributed by atoms with van der Waals surface area (Å²) in [5.74, 6) is -0.567. The summed E-state index contributed by atoms with van der Waals surface area (Å²) in [6.07, 6.45) is -0.770. The zero-order valence-corrected chi connectivity index (χ0v) is 16.0. The van der Waals surface area contributed by atoms with Crippen LogP contribution in [-0.4, -0.2) is 49.1 Å². The van der Waals surface area contributed by atoms with Gasteiger partial charge in [0.05, 0.1) is 31.7 Å². The summed E-state index contributed by atoms with van der Waals surface area (Å²) in [4.78, 5) is 28.2. The number of nitrogens with one attached hydrogen (secondary N) is 1. The van der Waals surface area contributed by atoms with E-state index in [1.807, 2.05) is 30.0 Å². The van der Waals surface area contributed by atoms with Crippen LogP contribution in [0.2, 0.25) is 0 Å². The number of quaternary nitrogens is 1. The number of hydrogen-bond donors (Lipinski definition) is 1. The van der Waals surface area contributed by atoms with E-state index in [1.54, 1.807) is 19.1 Å². The largest absolute Gasteiger partial charge is 0.449 e. The van der Waals surface area contributed by atoms with Crippen molar-refractivity contribution in [2.24, 2.45) is 0 Å². The SMILES string of the molecule is Cc1cccc(C(=O)O[C@@H](C)C(=O)N2CC[NH+](Cc3ccccc3)CC2)c1. The summed E-state index contributed by atoms with van der Waals surface area (Å²) in [6, 6.07) is 17.6. The summed E-state index contributed by atoms with van der Waals surface area (Å²) < 4.78 is 5.39. The molecule has 5 nitrogen and oxygen atoms in total. The Morgan fingerprint density at radius 2 is 1.78 bits per heavy atom. The van der Waals surface area contributed by atoms with Crippen molar-refractivity contribution in [2.45, 2.75) is 26.5 Å². The molecule has 0 aliphatic carbocycles. The van der Waals surface area contributed by atoms with E-state index in [-0.39, 0.29) is 5.91 Å². The maximum Gasteiger partial charge on any atom is 0.338 e. The second-order valence-electron chi connectivity index (χ2n) is 7.15. The number of esters is 1. The first-order valence-corrected chi connectivity index (χ1v) is 9.47. The zero-order chi connectivity index (χ0) is 19.2. The van der Waals surface area contributed by atoms with Crippen molar-refractivity contribution in [1.29, 1.82) is 0 Å². The average molecular weight is 367 g/mol. The molecule has 0 spiro atoms. The Hall–Kier alpha value is -2.66. The van der Waals surface area contributed by atoms with Crippen LogP contribution in [0.1, 0.15) is 28.4 Å². The third-order valence-electron chi connectivity index (χ3n) is 4.96. The summed E-state index contributed by atoms with van der Waals surface area (Å²) in [7, 11) is 0. The van der Waals surface area contributed by atoms with E-state index in [0.717, 1.165) is 25.2 Å². The lowest BCUT2D eigenvalue weighted by molar-refractivity contribution is -0.917. The summed E-state index contributed by atoms with van der Waals surface area (Å²) >= 11 is 0. The van der Waals surface area contributed by atoms with E-state index in [1.165, 1.54) is 10.5 Å². The minimum atomic E-state index is -0.770. The molecule has 1 aliphatic rings. The number of carbonyl (C=O) groups is 2. The molecule has 27 heavy (non-hydrogen) atoms. The van der Waals surface area contributed by atoms with Crippen molar-refractivity contribution in [3.05, 3.63) is 71.3 Å². The number of benzene rings is 2. The number of carbonyl (C=O) groups excluding carboxylic acids is 2. The predicted octanol–water partition coefficient (Wildman–Crippen LogP) is 1.47. The molecular weight excluding hydrogens is 340 g/mol. The first-order chi connectivity index (χ1) is 13.0. The second kappa shape index (κ2) is 8.82. The van der Waals surface area contributed by atoms with Crippen LogP contribution >= 0.6 is 0 Å². The summed E-state index contributed by atoms with van der Waals surface area (Å²) in [5, 5.41) is 0. The molecule has 1 amide bonds. The molecule has 3 rings (SSSR count). The van der Waals surface area contributed by atoms with Gasteiger partial charge >= 0.3 is 5.97 Å². The Morgan fingerprint density at radius 1 is 1.07 bits per heavy atom. The molecule has 1 saturated heterocycles. The Bertz CT molecular complexity index is 783. The van der Waals surface area contributed by atoms with Crippen molar-refractivity contribution in [2.75, 3.05) is 26.2 Å². The van der Waals surface area contributed by atoms with Crippen LogP contribution in [0.4, 0.5) is 0 Å². The topological polar surface area (TPSA) is 51.1 Å². The van der Waals surface area contributed by atoms with Crippen molar-refractivity contribution >= 4 is 11.9 Å². The van der Waals surface area contributed by atoms with Crippen molar-refractivity contribution in [3.8, 4) is 0 Å². The van der Waals surface area contributed by atoms with Crippen LogP contribution in [-0.2, 0) is 16.1 Å². The molecule has 0 unspecified atom stereocenters. The first kappa shape index (κ1) is 19.1. The summed E-state index contributed by atoms with van der Waals surface area (Å²) in [5.41, 5.74) is 2.78. The van der Waals surface area contributed by atoms with Gasteiger partial charge in [-0.3, -0.25) is 4.79 Å². The molecule has 2 aromatic rings. The zero-order valence-electron chi connectivity index (χ0n) is 16.0. The fraction of sp³-hybridized carbons (Fsp3) is 0.364. The smallest absolute Gasteiger partial charge is 0.338 e. The summed E-state index contributed by atoms with van der Waals surface area (Å²) in [6.45, 7) is 7.72. The van der Waals surface area contributed by atoms with Gasteiger partial charge in [-0.05, 0) is 26.0 Å². The van der Waals surface area contributed by atoms with Gasteiger partial charge in [0.25, 0.3) is 5.91 Å². The molecule has 1 fully saturated rings. The van der Waals surface area contributed by atoms with Crippen molar-refractivity contribution in [3.63, 3.8) is 0 Å². The Labute approximate surface area is 160 Å². The molecule has 1 aliphatic heterocycles. The molecule has 0 saturated carbocycles. The monoisotopic (exact) mass is 367 g/mol. The molecule has 1 atom stereocenters. The van der Waals surface area contributed by atoms with Crippen LogP contribution in [0, 0.1) is 6.92 Å². The number of nitrogens with zero attached hydrogens (tertiary/aromatic N) is 1. The minimum Gasteiger partial charge on any atom is -0.449 e. The predicted molar refractivity (Wildman–Crippen MR) is 103 cm³/mol. The van der Waals surface area contributed by atoms with Crippen molar-refractivity contribution in [1.82, 2.24) is 4.90 Å². The van der Waals surface area contributed by atoms with Crippen molar-refractivity contribution < 1.29 is 19.2 Å². The Kier molecular flexibility index (Phi) is 6.24. The highest BCUT2D eigenvalue weighted by atomic mass is 16.5. The number of rotatable bonds is 5. The molecule has 142 valence electrons. The lowest BCUT2D eigenvalue weighted by atomic mass is 10.1. The quantitative estimate of drug-likeness (QED) is 0.815. The van der Waals surface area contributed by atoms with Crippen LogP contribution in [0.15, 0.2) is 54.6 Å². The van der Waals surface area contributed by atoms with Crippen LogP contribution in [0.5, 0.6) is 0 Å². The fourth-order valence-electron chi connectivity index (χ4n) is 3.41. The van der Waals surface area contributed by atoms with Gasteiger partial charge in [-0.1, -0.05) is 48.0 Å². The number of ether oxygens (including phenoxy) is 1. The van der Waals surface area contributed by atoms with Gasteiger partial charge < -0.3 is 14.5 Å². The standard InChI is InChI=1S/C22H26N2O3/c1-17-7-6-10-20(15-17)22(26)27-18(2)21(25)24-13-11-23(12-14-24)16-19-8-4-3-5-9-19/h3-10,15,18H,11-14,16H2,1-2H3/p+1/t18-/m0/s1. The van der Waals surface area contributed by atoms with E-state index < -0.39 is 12.1 Å². The van der Waals surface area contributed by atoms with E-state index in [9.17, 15) is 9.59 Å². The normalized spacial score (nSPS) is 16.0. The van der Waals surface area contributed by atoms with Gasteiger partial charge in [0.15, 0.2) is 6.10 Å². The average Bonchev–Trinajstić information content (AvgIpc) is 2.69. The van der Waals surface area contributed by atoms with E-state index >= 15 is 0 Å². The number of aryl methyl sites for hydroxylation is 1. The fourth-order valence-corrected chi connectivity index (χ4v) is 3.41. The third-order valence-corrected chi connectivity index (χ3v) is 4.96. The van der Waals surface area contributed by atoms with Crippen LogP contribution < -0.4 is 4.90 Å². The molecule has 0 radical (unpaired) electrons. The minimum absolute atomic E-state index is 0.116. The molecular formula is C22H27N2O3+.